The number of aliphatic hydroxyl groups excluding tert-OH is 2. The maximum atomic E-state index is 11.9. The molecule has 0 bridgehead atoms. The highest BCUT2D eigenvalue weighted by atomic mass is 16.8. The molecule has 1 saturated carbocycles. The second-order valence-electron chi connectivity index (χ2n) is 7.21. The smallest absolute Gasteiger partial charge is 0.341 e. The normalized spacial score (nSPS) is 24.1. The van der Waals surface area contributed by atoms with Crippen LogP contribution in [0, 0.1) is 0 Å². The Hall–Kier alpha value is -2.38. The lowest BCUT2D eigenvalue weighted by molar-refractivity contribution is -0.279. The molecule has 2 N–H and O–H groups in total. The van der Waals surface area contributed by atoms with Gasteiger partial charge in [0.05, 0.1) is 5.57 Å². The predicted molar refractivity (Wildman–Crippen MR) is 99.4 cm³/mol. The van der Waals surface area contributed by atoms with Crippen molar-refractivity contribution in [3.05, 3.63) is 47.9 Å². The van der Waals surface area contributed by atoms with E-state index in [4.69, 9.17) is 9.47 Å². The van der Waals surface area contributed by atoms with Gasteiger partial charge in [-0.2, -0.15) is 0 Å². The van der Waals surface area contributed by atoms with Gasteiger partial charge in [0.2, 0.25) is 5.79 Å². The highest BCUT2D eigenvalue weighted by molar-refractivity contribution is 5.94. The van der Waals surface area contributed by atoms with Crippen LogP contribution < -0.4 is 0 Å². The summed E-state index contributed by atoms with van der Waals surface area (Å²) in [5, 5.41) is 19.9. The molecule has 1 unspecified atom stereocenters. The number of rotatable bonds is 8. The molecule has 2 fully saturated rings. The van der Waals surface area contributed by atoms with Crippen LogP contribution >= 0.6 is 0 Å². The fourth-order valence-corrected chi connectivity index (χ4v) is 2.56. The highest BCUT2D eigenvalue weighted by Crippen LogP contribution is 2.28. The average molecular weight is 377 g/mol. The van der Waals surface area contributed by atoms with Crippen molar-refractivity contribution in [2.24, 2.45) is 0 Å². The summed E-state index contributed by atoms with van der Waals surface area (Å²) in [7, 11) is 0. The molecule has 0 aromatic rings. The minimum absolute atomic E-state index is 0.0323. The first-order valence-electron chi connectivity index (χ1n) is 8.92. The van der Waals surface area contributed by atoms with Gasteiger partial charge in [0.1, 0.15) is 5.76 Å². The number of nitrogens with zero attached hydrogens (tertiary/aromatic N) is 1. The number of carbonyl (C=O) groups excluding carboxylic acids is 2. The van der Waals surface area contributed by atoms with Crippen LogP contribution in [0.5, 0.6) is 0 Å². The lowest BCUT2D eigenvalue weighted by Gasteiger charge is -2.33. The number of Topliss-reactive ketones (excluding diaryl/α,β-unsaturated/α-hetero) is 1. The van der Waals surface area contributed by atoms with Crippen LogP contribution in [0.1, 0.15) is 40.0 Å². The minimum Gasteiger partial charge on any atom is -0.508 e. The summed E-state index contributed by atoms with van der Waals surface area (Å²) in [5.74, 6) is -2.17. The standard InChI is InChI=1S/C20H27NO6/c1-13(2)17(23)9-11-21(14-7-8-14)10-5-6-15(22)12-16-18(24)26-20(3,4)27-19(16)25/h5-6,10,12,14,18,22,24H,1,7-9,11H2,2-4H3/b10-5+,15-6-,16-12+. The third-order valence-corrected chi connectivity index (χ3v) is 4.17. The highest BCUT2D eigenvalue weighted by Gasteiger charge is 2.38. The lowest BCUT2D eigenvalue weighted by Crippen LogP contribution is -2.44. The number of allylic oxidation sites excluding steroid dienone is 4. The Morgan fingerprint density at radius 2 is 2.07 bits per heavy atom. The summed E-state index contributed by atoms with van der Waals surface area (Å²) in [6, 6.07) is 0.402. The van der Waals surface area contributed by atoms with Crippen molar-refractivity contribution in [2.45, 2.75) is 58.2 Å². The Labute approximate surface area is 159 Å². The molecule has 0 radical (unpaired) electrons. The van der Waals surface area contributed by atoms with E-state index in [1.807, 2.05) is 4.90 Å². The van der Waals surface area contributed by atoms with E-state index >= 15 is 0 Å². The summed E-state index contributed by atoms with van der Waals surface area (Å²) in [5.41, 5.74) is 0.366. The molecule has 7 nitrogen and oxygen atoms in total. The molecule has 1 saturated heterocycles. The number of ether oxygens (including phenoxy) is 2. The van der Waals surface area contributed by atoms with Crippen molar-refractivity contribution < 1.29 is 29.3 Å². The predicted octanol–water partition coefficient (Wildman–Crippen LogP) is 2.50. The summed E-state index contributed by atoms with van der Waals surface area (Å²) >= 11 is 0. The Balaban J connectivity index is 1.99. The molecule has 1 atom stereocenters. The summed E-state index contributed by atoms with van der Waals surface area (Å²) in [6.07, 6.45) is 6.97. The molecule has 1 heterocycles. The van der Waals surface area contributed by atoms with Gasteiger partial charge >= 0.3 is 5.97 Å². The van der Waals surface area contributed by atoms with E-state index in [1.54, 1.807) is 19.2 Å². The molecule has 0 amide bonds. The van der Waals surface area contributed by atoms with Crippen LogP contribution in [-0.2, 0) is 19.1 Å². The van der Waals surface area contributed by atoms with Crippen LogP contribution in [0.3, 0.4) is 0 Å². The van der Waals surface area contributed by atoms with Gasteiger partial charge in [0.15, 0.2) is 12.1 Å². The zero-order valence-electron chi connectivity index (χ0n) is 16.0. The van der Waals surface area contributed by atoms with Crippen molar-refractivity contribution in [2.75, 3.05) is 6.54 Å². The SMILES string of the molecule is C=C(C)C(=O)CCN(/C=C/C=C(O)/C=C1/C(=O)OC(C)(C)OC1O)C1CC1. The van der Waals surface area contributed by atoms with Gasteiger partial charge in [-0.25, -0.2) is 4.79 Å². The molecule has 2 rings (SSSR count). The number of hydrogen-bond acceptors (Lipinski definition) is 7. The zero-order chi connectivity index (χ0) is 20.2. The number of aliphatic hydroxyl groups is 2. The molecule has 0 spiro atoms. The number of esters is 1. The summed E-state index contributed by atoms with van der Waals surface area (Å²) in [6.45, 7) is 8.95. The van der Waals surface area contributed by atoms with Crippen LogP contribution in [0.2, 0.25) is 0 Å². The van der Waals surface area contributed by atoms with Gasteiger partial charge in [-0.15, -0.1) is 0 Å². The Bertz CT molecular complexity index is 699. The van der Waals surface area contributed by atoms with Crippen LogP contribution in [0.15, 0.2) is 47.9 Å². The summed E-state index contributed by atoms with van der Waals surface area (Å²) < 4.78 is 10.2. The van der Waals surface area contributed by atoms with Crippen molar-refractivity contribution >= 4 is 11.8 Å². The Kier molecular flexibility index (Phi) is 6.62. The molecule has 0 aromatic carbocycles. The van der Waals surface area contributed by atoms with Crippen molar-refractivity contribution in [3.8, 4) is 0 Å². The van der Waals surface area contributed by atoms with Crippen molar-refractivity contribution in [1.82, 2.24) is 4.90 Å². The second kappa shape index (κ2) is 8.54. The zero-order valence-corrected chi connectivity index (χ0v) is 16.0. The third kappa shape index (κ3) is 6.37. The molecular weight excluding hydrogens is 350 g/mol. The monoisotopic (exact) mass is 377 g/mol. The van der Waals surface area contributed by atoms with Crippen LogP contribution in [0.25, 0.3) is 0 Å². The largest absolute Gasteiger partial charge is 0.508 e. The molecular formula is C20H27NO6. The molecule has 1 aliphatic carbocycles. The Morgan fingerprint density at radius 1 is 1.41 bits per heavy atom. The van der Waals surface area contributed by atoms with Crippen molar-refractivity contribution in [3.63, 3.8) is 0 Å². The molecule has 7 heteroatoms. The summed E-state index contributed by atoms with van der Waals surface area (Å²) in [4.78, 5) is 25.7. The first-order valence-corrected chi connectivity index (χ1v) is 8.92. The molecule has 148 valence electrons. The van der Waals surface area contributed by atoms with E-state index in [1.165, 1.54) is 19.9 Å². The van der Waals surface area contributed by atoms with E-state index in [0.717, 1.165) is 18.9 Å². The fourth-order valence-electron chi connectivity index (χ4n) is 2.56. The second-order valence-corrected chi connectivity index (χ2v) is 7.21. The number of carbonyl (C=O) groups is 2. The third-order valence-electron chi connectivity index (χ3n) is 4.17. The van der Waals surface area contributed by atoms with Gasteiger partial charge in [-0.1, -0.05) is 6.58 Å². The minimum atomic E-state index is -1.48. The molecule has 2 aliphatic rings. The van der Waals surface area contributed by atoms with Crippen molar-refractivity contribution in [1.29, 1.82) is 0 Å². The first-order chi connectivity index (χ1) is 12.6. The van der Waals surface area contributed by atoms with Crippen LogP contribution in [-0.4, -0.2) is 51.5 Å². The van der Waals surface area contributed by atoms with E-state index in [-0.39, 0.29) is 17.1 Å². The van der Waals surface area contributed by atoms with Gasteiger partial charge in [-0.05, 0) is 49.8 Å². The topological polar surface area (TPSA) is 96.3 Å². The molecule has 27 heavy (non-hydrogen) atoms. The van der Waals surface area contributed by atoms with E-state index in [2.05, 4.69) is 6.58 Å². The lowest BCUT2D eigenvalue weighted by atomic mass is 10.1. The average Bonchev–Trinajstić information content (AvgIpc) is 3.37. The number of cyclic esters (lactones) is 1. The van der Waals surface area contributed by atoms with Gasteiger partial charge in [0.25, 0.3) is 0 Å². The van der Waals surface area contributed by atoms with E-state index in [0.29, 0.717) is 24.6 Å². The number of ketones is 1. The Morgan fingerprint density at radius 3 is 2.63 bits per heavy atom. The fraction of sp³-hybridized carbons (Fsp3) is 0.500. The van der Waals surface area contributed by atoms with E-state index in [9.17, 15) is 19.8 Å². The molecule has 1 aliphatic heterocycles. The van der Waals surface area contributed by atoms with E-state index < -0.39 is 18.0 Å². The maximum Gasteiger partial charge on any atom is 0.341 e. The van der Waals surface area contributed by atoms with Crippen LogP contribution in [0.4, 0.5) is 0 Å². The quantitative estimate of drug-likeness (QED) is 0.290. The molecule has 0 aromatic heterocycles. The number of hydrogen-bond donors (Lipinski definition) is 2. The van der Waals surface area contributed by atoms with Gasteiger partial charge in [0, 0.05) is 32.9 Å². The maximum absolute atomic E-state index is 11.9. The first kappa shape index (κ1) is 20.9. The van der Waals surface area contributed by atoms with Gasteiger partial charge < -0.3 is 24.6 Å². The van der Waals surface area contributed by atoms with Gasteiger partial charge in [-0.3, -0.25) is 4.79 Å².